The first-order chi connectivity index (χ1) is 19.7. The lowest BCUT2D eigenvalue weighted by Crippen LogP contribution is -2.43. The molecule has 5 N–H and O–H groups in total. The minimum absolute atomic E-state index is 0.0212. The Morgan fingerprint density at radius 1 is 1.07 bits per heavy atom. The number of carbonyl (C=O) groups is 2. The summed E-state index contributed by atoms with van der Waals surface area (Å²) in [6, 6.07) is 16.3. The van der Waals surface area contributed by atoms with Crippen LogP contribution in [0, 0.1) is 11.2 Å². The summed E-state index contributed by atoms with van der Waals surface area (Å²) < 4.78 is 16.6. The Labute approximate surface area is 245 Å². The Morgan fingerprint density at radius 2 is 1.74 bits per heavy atom. The Bertz CT molecular complexity index is 1620. The van der Waals surface area contributed by atoms with Gasteiger partial charge < -0.3 is 21.5 Å². The average Bonchev–Trinajstić information content (AvgIpc) is 3.25. The topological polar surface area (TPSA) is 122 Å². The fourth-order valence-electron chi connectivity index (χ4n) is 4.86. The molecule has 42 heavy (non-hydrogen) atoms. The van der Waals surface area contributed by atoms with E-state index in [4.69, 9.17) is 5.73 Å². The third-order valence-corrected chi connectivity index (χ3v) is 6.95. The van der Waals surface area contributed by atoms with E-state index in [9.17, 15) is 19.1 Å². The summed E-state index contributed by atoms with van der Waals surface area (Å²) in [5.41, 5.74) is 9.86. The number of hydrogen-bond acceptors (Lipinski definition) is 5. The van der Waals surface area contributed by atoms with Crippen LogP contribution in [0.1, 0.15) is 74.5 Å². The lowest BCUT2D eigenvalue weighted by molar-refractivity contribution is -0.125. The van der Waals surface area contributed by atoms with Crippen LogP contribution < -0.4 is 16.4 Å². The smallest absolute Gasteiger partial charge is 0.255 e. The fourth-order valence-corrected chi connectivity index (χ4v) is 4.86. The normalized spacial score (nSPS) is 13.1. The van der Waals surface area contributed by atoms with E-state index in [1.807, 2.05) is 26.0 Å². The number of amides is 2. The zero-order chi connectivity index (χ0) is 30.8. The first-order valence-electron chi connectivity index (χ1n) is 13.9. The Balaban J connectivity index is 1.60. The van der Waals surface area contributed by atoms with Gasteiger partial charge in [0.1, 0.15) is 5.82 Å². The molecule has 2 amide bonds. The van der Waals surface area contributed by atoms with Crippen molar-refractivity contribution in [2.24, 2.45) is 5.41 Å². The summed E-state index contributed by atoms with van der Waals surface area (Å²) in [6.45, 7) is 14.5. The summed E-state index contributed by atoms with van der Waals surface area (Å²) >= 11 is 0. The van der Waals surface area contributed by atoms with Gasteiger partial charge in [-0.25, -0.2) is 9.37 Å². The number of rotatable bonds is 9. The molecule has 0 aliphatic carbocycles. The zero-order valence-corrected chi connectivity index (χ0v) is 24.6. The quantitative estimate of drug-likeness (QED) is 0.189. The van der Waals surface area contributed by atoms with Crippen LogP contribution in [0.3, 0.4) is 0 Å². The first-order valence-corrected chi connectivity index (χ1v) is 13.9. The first kappa shape index (κ1) is 30.5. The summed E-state index contributed by atoms with van der Waals surface area (Å²) in [5.74, 6) is -1.49. The van der Waals surface area contributed by atoms with Crippen LogP contribution in [-0.4, -0.2) is 32.6 Å². The van der Waals surface area contributed by atoms with Gasteiger partial charge in [-0.05, 0) is 59.7 Å². The summed E-state index contributed by atoms with van der Waals surface area (Å²) in [6.07, 6.45) is -1.16. The second kappa shape index (κ2) is 12.2. The van der Waals surface area contributed by atoms with Gasteiger partial charge in [-0.1, -0.05) is 71.5 Å². The molecule has 4 aromatic rings. The van der Waals surface area contributed by atoms with Crippen molar-refractivity contribution in [2.75, 3.05) is 11.1 Å². The molecule has 0 unspecified atom stereocenters. The van der Waals surface area contributed by atoms with Gasteiger partial charge in [0.05, 0.1) is 17.1 Å². The highest BCUT2D eigenvalue weighted by Crippen LogP contribution is 2.32. The number of fused-ring (bicyclic) bond motifs is 1. The van der Waals surface area contributed by atoms with E-state index in [1.165, 1.54) is 18.2 Å². The van der Waals surface area contributed by atoms with Crippen molar-refractivity contribution in [3.05, 3.63) is 95.8 Å². The fraction of sp³-hybridized carbons (Fsp3) is 0.303. The van der Waals surface area contributed by atoms with Crippen LogP contribution in [0.2, 0.25) is 0 Å². The lowest BCUT2D eigenvalue weighted by atomic mass is 9.91. The number of imidazole rings is 1. The van der Waals surface area contributed by atoms with E-state index in [0.717, 1.165) is 11.3 Å². The highest BCUT2D eigenvalue weighted by molar-refractivity contribution is 5.98. The maximum atomic E-state index is 14.9. The Morgan fingerprint density at radius 3 is 2.36 bits per heavy atom. The highest BCUT2D eigenvalue weighted by Gasteiger charge is 2.31. The molecule has 3 aromatic carbocycles. The second-order valence-corrected chi connectivity index (χ2v) is 12.0. The number of nitrogens with two attached hydrogens (primary N) is 1. The van der Waals surface area contributed by atoms with E-state index in [2.05, 4.69) is 43.0 Å². The maximum Gasteiger partial charge on any atom is 0.255 e. The second-order valence-electron chi connectivity index (χ2n) is 12.0. The van der Waals surface area contributed by atoms with E-state index in [0.29, 0.717) is 28.7 Å². The number of nitrogens with zero attached hydrogens (tertiary/aromatic N) is 2. The molecule has 9 heteroatoms. The summed E-state index contributed by atoms with van der Waals surface area (Å²) in [4.78, 5) is 30.9. The van der Waals surface area contributed by atoms with Gasteiger partial charge in [0.2, 0.25) is 5.95 Å². The van der Waals surface area contributed by atoms with Gasteiger partial charge in [-0.2, -0.15) is 0 Å². The number of aliphatic hydroxyl groups excluding tert-OH is 1. The van der Waals surface area contributed by atoms with Crippen LogP contribution in [0.15, 0.2) is 73.3 Å². The van der Waals surface area contributed by atoms with Gasteiger partial charge >= 0.3 is 0 Å². The van der Waals surface area contributed by atoms with Gasteiger partial charge in [0.25, 0.3) is 11.8 Å². The average molecular weight is 572 g/mol. The van der Waals surface area contributed by atoms with Crippen LogP contribution in [0.5, 0.6) is 0 Å². The molecule has 220 valence electrons. The van der Waals surface area contributed by atoms with E-state index in [1.54, 1.807) is 41.0 Å². The van der Waals surface area contributed by atoms with E-state index in [-0.39, 0.29) is 22.8 Å². The molecule has 0 aliphatic heterocycles. The Hall–Kier alpha value is -4.50. The zero-order valence-electron chi connectivity index (χ0n) is 24.6. The minimum Gasteiger partial charge on any atom is -0.381 e. The number of aliphatic hydroxyl groups is 1. The molecule has 2 atom stereocenters. The van der Waals surface area contributed by atoms with Crippen molar-refractivity contribution < 1.29 is 19.1 Å². The van der Waals surface area contributed by atoms with Gasteiger partial charge in [-0.15, -0.1) is 0 Å². The number of hydrogen-bond donors (Lipinski definition) is 4. The molecule has 8 nitrogen and oxygen atoms in total. The van der Waals surface area contributed by atoms with E-state index < -0.39 is 29.8 Å². The standard InChI is InChI=1S/C33H38FN5O3/c1-19(2)21-11-13-22(14-12-21)30(41)38-28(24-9-7-8-10-25(24)34)29(40)31(42)36-23-15-16-26-27(17-23)39(32(35)37-26)20(3)18-33(4,5)6/h7-17,19,28-29,40H,3,18H2,1-2,4-6H3,(H2,35,37)(H,36,42)(H,38,41)/t28-,29+/m0/s1. The summed E-state index contributed by atoms with van der Waals surface area (Å²) in [5, 5.41) is 16.5. The number of aromatic nitrogens is 2. The third-order valence-electron chi connectivity index (χ3n) is 6.95. The van der Waals surface area contributed by atoms with Crippen molar-refractivity contribution in [3.8, 4) is 0 Å². The van der Waals surface area contributed by atoms with Crippen molar-refractivity contribution in [1.29, 1.82) is 0 Å². The van der Waals surface area contributed by atoms with Crippen LogP contribution in [0.25, 0.3) is 16.7 Å². The predicted molar refractivity (Wildman–Crippen MR) is 165 cm³/mol. The van der Waals surface area contributed by atoms with Crippen LogP contribution >= 0.6 is 0 Å². The molecule has 0 aliphatic rings. The molecule has 1 heterocycles. The van der Waals surface area contributed by atoms with Crippen molar-refractivity contribution in [1.82, 2.24) is 14.9 Å². The molecule has 0 bridgehead atoms. The number of allylic oxidation sites excluding steroid dienone is 1. The Kier molecular flexibility index (Phi) is 8.82. The van der Waals surface area contributed by atoms with Crippen molar-refractivity contribution in [2.45, 2.75) is 59.1 Å². The van der Waals surface area contributed by atoms with E-state index >= 15 is 0 Å². The van der Waals surface area contributed by atoms with Gasteiger partial charge in [0, 0.05) is 22.5 Å². The molecule has 0 radical (unpaired) electrons. The number of anilines is 2. The number of benzene rings is 3. The molecular weight excluding hydrogens is 533 g/mol. The molecule has 1 aromatic heterocycles. The monoisotopic (exact) mass is 571 g/mol. The molecular formula is C33H38FN5O3. The third kappa shape index (κ3) is 6.86. The highest BCUT2D eigenvalue weighted by atomic mass is 19.1. The number of halogens is 1. The largest absolute Gasteiger partial charge is 0.381 e. The lowest BCUT2D eigenvalue weighted by Gasteiger charge is -2.25. The predicted octanol–water partition coefficient (Wildman–Crippen LogP) is 6.26. The van der Waals surface area contributed by atoms with Crippen LogP contribution in [-0.2, 0) is 4.79 Å². The SMILES string of the molecule is C=C(CC(C)(C)C)n1c(N)nc2ccc(NC(=O)[C@H](O)[C@@H](NC(=O)c3ccc(C(C)C)cc3)c3ccccc3F)cc21. The molecule has 0 spiro atoms. The van der Waals surface area contributed by atoms with Gasteiger partial charge in [-0.3, -0.25) is 14.2 Å². The number of nitrogen functional groups attached to an aromatic ring is 1. The number of nitrogens with one attached hydrogen (secondary N) is 2. The molecule has 0 saturated heterocycles. The maximum absolute atomic E-state index is 14.9. The molecule has 0 saturated carbocycles. The minimum atomic E-state index is -1.82. The molecule has 4 rings (SSSR count). The van der Waals surface area contributed by atoms with Crippen molar-refractivity contribution >= 4 is 40.2 Å². The number of carbonyl (C=O) groups excluding carboxylic acids is 2. The van der Waals surface area contributed by atoms with Crippen LogP contribution in [0.4, 0.5) is 16.0 Å². The van der Waals surface area contributed by atoms with Gasteiger partial charge in [0.15, 0.2) is 6.10 Å². The molecule has 0 fully saturated rings. The summed E-state index contributed by atoms with van der Waals surface area (Å²) in [7, 11) is 0. The van der Waals surface area contributed by atoms with Crippen molar-refractivity contribution in [3.63, 3.8) is 0 Å².